The molecule has 4 aromatic rings. The highest BCUT2D eigenvalue weighted by atomic mass is 16.3. The number of anilines is 1. The molecule has 7 heteroatoms. The number of nitrogens with zero attached hydrogens (tertiary/aromatic N) is 1. The van der Waals surface area contributed by atoms with Crippen LogP contribution in [0.15, 0.2) is 71.3 Å². The van der Waals surface area contributed by atoms with Crippen molar-refractivity contribution in [3.63, 3.8) is 0 Å². The number of carbonyl (C=O) groups excluding carboxylic acids is 3. The van der Waals surface area contributed by atoms with Crippen LogP contribution in [0.4, 0.5) is 10.5 Å². The van der Waals surface area contributed by atoms with E-state index in [-0.39, 0.29) is 31.3 Å². The van der Waals surface area contributed by atoms with Gasteiger partial charge in [0.05, 0.1) is 25.8 Å². The molecule has 1 saturated heterocycles. The van der Waals surface area contributed by atoms with Crippen LogP contribution in [-0.2, 0) is 22.6 Å². The Labute approximate surface area is 177 Å². The van der Waals surface area contributed by atoms with Crippen LogP contribution in [0.1, 0.15) is 11.1 Å². The number of furan rings is 1. The maximum absolute atomic E-state index is 12.7. The van der Waals surface area contributed by atoms with E-state index in [4.69, 9.17) is 4.42 Å². The maximum atomic E-state index is 12.7. The van der Waals surface area contributed by atoms with Gasteiger partial charge in [-0.15, -0.1) is 0 Å². The molecule has 4 amide bonds. The van der Waals surface area contributed by atoms with Gasteiger partial charge in [0.1, 0.15) is 5.58 Å². The summed E-state index contributed by atoms with van der Waals surface area (Å²) in [5.74, 6) is -0.443. The molecular formula is C24H19N3O4. The molecule has 1 fully saturated rings. The van der Waals surface area contributed by atoms with E-state index < -0.39 is 6.03 Å². The molecule has 7 nitrogen and oxygen atoms in total. The fourth-order valence-electron chi connectivity index (χ4n) is 3.93. The standard InChI is InChI=1S/C24H19N3O4/c28-21(11-17-14-31-20-9-8-16-5-1-2-7-19(16)23(17)20)26-18-6-3-4-15(10-18)13-27-22(29)12-25-24(27)30/h1-10,14H,11-13H2,(H,25,30)(H,26,28). The van der Waals surface area contributed by atoms with Crippen LogP contribution >= 0.6 is 0 Å². The summed E-state index contributed by atoms with van der Waals surface area (Å²) in [7, 11) is 0. The number of hydrogen-bond donors (Lipinski definition) is 2. The van der Waals surface area contributed by atoms with Crippen molar-refractivity contribution in [3.05, 3.63) is 78.1 Å². The van der Waals surface area contributed by atoms with Gasteiger partial charge in [0.25, 0.3) is 0 Å². The van der Waals surface area contributed by atoms with E-state index in [1.165, 1.54) is 0 Å². The molecule has 2 N–H and O–H groups in total. The minimum absolute atomic E-state index is 0.0165. The Morgan fingerprint density at radius 1 is 1.06 bits per heavy atom. The molecular weight excluding hydrogens is 394 g/mol. The lowest BCUT2D eigenvalue weighted by Gasteiger charge is -2.13. The van der Waals surface area contributed by atoms with Crippen molar-refractivity contribution in [2.24, 2.45) is 0 Å². The first kappa shape index (κ1) is 18.9. The highest BCUT2D eigenvalue weighted by Gasteiger charge is 2.28. The van der Waals surface area contributed by atoms with Gasteiger partial charge in [-0.05, 0) is 34.5 Å². The molecule has 1 aliphatic heterocycles. The first-order chi connectivity index (χ1) is 15.1. The Morgan fingerprint density at radius 2 is 1.94 bits per heavy atom. The smallest absolute Gasteiger partial charge is 0.324 e. The van der Waals surface area contributed by atoms with Gasteiger partial charge in [-0.25, -0.2) is 4.79 Å². The van der Waals surface area contributed by atoms with Crippen molar-refractivity contribution in [2.45, 2.75) is 13.0 Å². The fraction of sp³-hybridized carbons (Fsp3) is 0.125. The summed E-state index contributed by atoms with van der Waals surface area (Å²) in [4.78, 5) is 37.4. The quantitative estimate of drug-likeness (QED) is 0.487. The molecule has 2 heterocycles. The third-order valence-electron chi connectivity index (χ3n) is 5.38. The summed E-state index contributed by atoms with van der Waals surface area (Å²) >= 11 is 0. The zero-order valence-electron chi connectivity index (χ0n) is 16.6. The van der Waals surface area contributed by atoms with Crippen molar-refractivity contribution in [3.8, 4) is 0 Å². The van der Waals surface area contributed by atoms with Crippen molar-refractivity contribution in [2.75, 3.05) is 11.9 Å². The second kappa shape index (κ2) is 7.60. The Morgan fingerprint density at radius 3 is 2.77 bits per heavy atom. The van der Waals surface area contributed by atoms with Gasteiger partial charge < -0.3 is 15.1 Å². The van der Waals surface area contributed by atoms with E-state index in [1.54, 1.807) is 24.5 Å². The van der Waals surface area contributed by atoms with Crippen molar-refractivity contribution >= 4 is 45.3 Å². The van der Waals surface area contributed by atoms with Gasteiger partial charge in [-0.3, -0.25) is 14.5 Å². The Kier molecular flexibility index (Phi) is 4.63. The number of urea groups is 1. The Balaban J connectivity index is 1.34. The molecule has 1 aromatic heterocycles. The van der Waals surface area contributed by atoms with E-state index in [9.17, 15) is 14.4 Å². The number of rotatable bonds is 5. The molecule has 5 rings (SSSR count). The molecule has 0 atom stereocenters. The van der Waals surface area contributed by atoms with Crippen molar-refractivity contribution in [1.82, 2.24) is 10.2 Å². The van der Waals surface area contributed by atoms with Crippen LogP contribution in [0.25, 0.3) is 21.7 Å². The van der Waals surface area contributed by atoms with E-state index in [0.29, 0.717) is 5.69 Å². The van der Waals surface area contributed by atoms with Gasteiger partial charge in [0.2, 0.25) is 11.8 Å². The monoisotopic (exact) mass is 413 g/mol. The molecule has 3 aromatic carbocycles. The lowest BCUT2D eigenvalue weighted by molar-refractivity contribution is -0.125. The number of benzene rings is 3. The molecule has 0 bridgehead atoms. The second-order valence-electron chi connectivity index (χ2n) is 7.48. The van der Waals surface area contributed by atoms with Gasteiger partial charge in [0.15, 0.2) is 0 Å². The van der Waals surface area contributed by atoms with Crippen LogP contribution in [0.3, 0.4) is 0 Å². The molecule has 0 saturated carbocycles. The first-order valence-corrected chi connectivity index (χ1v) is 9.93. The molecule has 0 spiro atoms. The molecule has 0 unspecified atom stereocenters. The molecule has 154 valence electrons. The summed E-state index contributed by atoms with van der Waals surface area (Å²) < 4.78 is 5.67. The summed E-state index contributed by atoms with van der Waals surface area (Å²) in [6, 6.07) is 18.6. The normalized spacial score (nSPS) is 13.7. The number of amides is 4. The van der Waals surface area contributed by atoms with Crippen LogP contribution in [0, 0.1) is 0 Å². The highest BCUT2D eigenvalue weighted by molar-refractivity contribution is 6.09. The molecule has 0 aliphatic carbocycles. The molecule has 31 heavy (non-hydrogen) atoms. The van der Waals surface area contributed by atoms with Gasteiger partial charge >= 0.3 is 6.03 Å². The number of nitrogens with one attached hydrogen (secondary N) is 2. The minimum Gasteiger partial charge on any atom is -0.464 e. The maximum Gasteiger partial charge on any atom is 0.324 e. The lowest BCUT2D eigenvalue weighted by Crippen LogP contribution is -2.30. The minimum atomic E-state index is -0.404. The van der Waals surface area contributed by atoms with Gasteiger partial charge in [-0.2, -0.15) is 0 Å². The Hall–Kier alpha value is -4.13. The first-order valence-electron chi connectivity index (χ1n) is 9.93. The van der Waals surface area contributed by atoms with Crippen LogP contribution in [0.2, 0.25) is 0 Å². The van der Waals surface area contributed by atoms with E-state index in [1.807, 2.05) is 42.5 Å². The average molecular weight is 413 g/mol. The topological polar surface area (TPSA) is 91.7 Å². The van der Waals surface area contributed by atoms with E-state index >= 15 is 0 Å². The third-order valence-corrected chi connectivity index (χ3v) is 5.38. The predicted molar refractivity (Wildman–Crippen MR) is 116 cm³/mol. The predicted octanol–water partition coefficient (Wildman–Crippen LogP) is 3.82. The number of hydrogen-bond acceptors (Lipinski definition) is 4. The van der Waals surface area contributed by atoms with Crippen LogP contribution in [-0.4, -0.2) is 29.3 Å². The van der Waals surface area contributed by atoms with Gasteiger partial charge in [-0.1, -0.05) is 42.5 Å². The number of imide groups is 1. The number of carbonyl (C=O) groups is 3. The van der Waals surface area contributed by atoms with E-state index in [2.05, 4.69) is 10.6 Å². The van der Waals surface area contributed by atoms with Crippen LogP contribution in [0.5, 0.6) is 0 Å². The third kappa shape index (κ3) is 3.61. The largest absolute Gasteiger partial charge is 0.464 e. The van der Waals surface area contributed by atoms with Crippen LogP contribution < -0.4 is 10.6 Å². The SMILES string of the molecule is O=C(Cc1coc2ccc3ccccc3c12)Nc1cccc(CN2C(=O)CNC2=O)c1. The zero-order valence-corrected chi connectivity index (χ0v) is 16.6. The van der Waals surface area contributed by atoms with Gasteiger partial charge in [0, 0.05) is 16.6 Å². The molecule has 1 aliphatic rings. The summed E-state index contributed by atoms with van der Waals surface area (Å²) in [5, 5.41) is 8.48. The van der Waals surface area contributed by atoms with E-state index in [0.717, 1.165) is 37.8 Å². The van der Waals surface area contributed by atoms with Crippen molar-refractivity contribution < 1.29 is 18.8 Å². The summed E-state index contributed by atoms with van der Waals surface area (Å²) in [6.07, 6.45) is 1.79. The zero-order chi connectivity index (χ0) is 21.4. The lowest BCUT2D eigenvalue weighted by atomic mass is 10.0. The Bertz CT molecular complexity index is 1330. The number of fused-ring (bicyclic) bond motifs is 3. The summed E-state index contributed by atoms with van der Waals surface area (Å²) in [5.41, 5.74) is 2.92. The second-order valence-corrected chi connectivity index (χ2v) is 7.48. The fourth-order valence-corrected chi connectivity index (χ4v) is 3.93. The van der Waals surface area contributed by atoms with Crippen molar-refractivity contribution in [1.29, 1.82) is 0 Å². The highest BCUT2D eigenvalue weighted by Crippen LogP contribution is 2.30. The average Bonchev–Trinajstić information content (AvgIpc) is 3.32. The summed E-state index contributed by atoms with van der Waals surface area (Å²) in [6.45, 7) is 0.176. The molecule has 0 radical (unpaired) electrons.